The molecule has 0 spiro atoms. The number of rotatable bonds is 2. The highest BCUT2D eigenvalue weighted by Gasteiger charge is 2.13. The van der Waals surface area contributed by atoms with Gasteiger partial charge >= 0.3 is 0 Å². The Kier molecular flexibility index (Phi) is 3.75. The van der Waals surface area contributed by atoms with E-state index in [1.54, 1.807) is 0 Å². The summed E-state index contributed by atoms with van der Waals surface area (Å²) in [5.74, 6) is 0. The van der Waals surface area contributed by atoms with Crippen molar-refractivity contribution in [3.8, 4) is 16.8 Å². The second-order valence-corrected chi connectivity index (χ2v) is 7.93. The van der Waals surface area contributed by atoms with Crippen LogP contribution in [0, 0.1) is 6.92 Å². The Morgan fingerprint density at radius 1 is 0.533 bits per heavy atom. The Bertz CT molecular complexity index is 1530. The summed E-state index contributed by atoms with van der Waals surface area (Å²) in [6, 6.07) is 39.4. The molecule has 5 aromatic carbocycles. The summed E-state index contributed by atoms with van der Waals surface area (Å²) < 4.78 is 2.39. The lowest BCUT2D eigenvalue weighted by atomic mass is 10.0. The molecule has 0 unspecified atom stereocenters. The van der Waals surface area contributed by atoms with E-state index in [-0.39, 0.29) is 0 Å². The summed E-state index contributed by atoms with van der Waals surface area (Å²) >= 11 is 0. The van der Waals surface area contributed by atoms with Crippen molar-refractivity contribution in [1.82, 2.24) is 4.57 Å². The van der Waals surface area contributed by atoms with E-state index in [9.17, 15) is 0 Å². The van der Waals surface area contributed by atoms with Crippen LogP contribution in [0.5, 0.6) is 0 Å². The average Bonchev–Trinajstić information content (AvgIpc) is 3.11. The van der Waals surface area contributed by atoms with Crippen molar-refractivity contribution in [3.63, 3.8) is 0 Å². The summed E-state index contributed by atoms with van der Waals surface area (Å²) in [5, 5.41) is 5.14. The van der Waals surface area contributed by atoms with E-state index in [0.717, 1.165) is 0 Å². The van der Waals surface area contributed by atoms with Gasteiger partial charge in [-0.2, -0.15) is 0 Å². The minimum atomic E-state index is 1.19. The molecule has 1 aromatic heterocycles. The normalized spacial score (nSPS) is 11.5. The average molecular weight is 383 g/mol. The van der Waals surface area contributed by atoms with Gasteiger partial charge in [0.25, 0.3) is 0 Å². The van der Waals surface area contributed by atoms with Gasteiger partial charge in [-0.3, -0.25) is 0 Å². The molecule has 142 valence electrons. The van der Waals surface area contributed by atoms with Crippen molar-refractivity contribution in [3.05, 3.63) is 115 Å². The van der Waals surface area contributed by atoms with Crippen molar-refractivity contribution >= 4 is 32.6 Å². The monoisotopic (exact) mass is 383 g/mol. The molecule has 0 aliphatic rings. The number of hydrogen-bond donors (Lipinski definition) is 0. The third kappa shape index (κ3) is 2.56. The number of aromatic nitrogens is 1. The van der Waals surface area contributed by atoms with Crippen LogP contribution in [0.25, 0.3) is 49.4 Å². The van der Waals surface area contributed by atoms with Gasteiger partial charge in [0.1, 0.15) is 0 Å². The van der Waals surface area contributed by atoms with E-state index >= 15 is 0 Å². The molecule has 0 bridgehead atoms. The molecule has 1 heteroatoms. The zero-order valence-corrected chi connectivity index (χ0v) is 16.8. The summed E-state index contributed by atoms with van der Waals surface area (Å²) in [5.41, 5.74) is 7.52. The quantitative estimate of drug-likeness (QED) is 0.286. The Balaban J connectivity index is 1.61. The minimum absolute atomic E-state index is 1.19. The van der Waals surface area contributed by atoms with Crippen LogP contribution in [0.15, 0.2) is 109 Å². The SMILES string of the molecule is Cc1ccccc1-c1ccc(-n2c3ccccc3c3cc4ccccc4cc32)cc1. The molecule has 0 aliphatic heterocycles. The van der Waals surface area contributed by atoms with Crippen molar-refractivity contribution in [2.75, 3.05) is 0 Å². The molecular weight excluding hydrogens is 362 g/mol. The van der Waals surface area contributed by atoms with Gasteiger partial charge in [0.15, 0.2) is 0 Å². The first-order valence-corrected chi connectivity index (χ1v) is 10.4. The van der Waals surface area contributed by atoms with Gasteiger partial charge in [-0.25, -0.2) is 0 Å². The summed E-state index contributed by atoms with van der Waals surface area (Å²) in [4.78, 5) is 0. The smallest absolute Gasteiger partial charge is 0.0547 e. The fourth-order valence-corrected chi connectivity index (χ4v) is 4.62. The largest absolute Gasteiger partial charge is 0.309 e. The van der Waals surface area contributed by atoms with E-state index < -0.39 is 0 Å². The van der Waals surface area contributed by atoms with Gasteiger partial charge in [0, 0.05) is 16.5 Å². The van der Waals surface area contributed by atoms with Gasteiger partial charge < -0.3 is 4.57 Å². The first kappa shape index (κ1) is 17.1. The molecule has 6 rings (SSSR count). The Morgan fingerprint density at radius 3 is 2.00 bits per heavy atom. The first-order valence-electron chi connectivity index (χ1n) is 10.4. The fourth-order valence-electron chi connectivity index (χ4n) is 4.62. The third-order valence-electron chi connectivity index (χ3n) is 6.12. The fraction of sp³-hybridized carbons (Fsp3) is 0.0345. The molecule has 30 heavy (non-hydrogen) atoms. The lowest BCUT2D eigenvalue weighted by molar-refractivity contribution is 1.18. The number of benzene rings is 5. The zero-order valence-electron chi connectivity index (χ0n) is 16.8. The standard InChI is InChI=1S/C29H21N/c1-20-8-2-5-11-25(20)21-14-16-24(17-15-21)30-28-13-7-6-12-26(28)27-18-22-9-3-4-10-23(22)19-29(27)30/h2-19H,1H3. The predicted octanol–water partition coefficient (Wildman–Crippen LogP) is 7.91. The Morgan fingerprint density at radius 2 is 1.20 bits per heavy atom. The Labute approximate surface area is 175 Å². The lowest BCUT2D eigenvalue weighted by Gasteiger charge is -2.11. The molecule has 0 fully saturated rings. The molecule has 0 amide bonds. The summed E-state index contributed by atoms with van der Waals surface area (Å²) in [6.07, 6.45) is 0. The van der Waals surface area contributed by atoms with E-state index in [2.05, 4.69) is 121 Å². The minimum Gasteiger partial charge on any atom is -0.309 e. The van der Waals surface area contributed by atoms with E-state index in [4.69, 9.17) is 0 Å². The van der Waals surface area contributed by atoms with Crippen LogP contribution in [0.4, 0.5) is 0 Å². The van der Waals surface area contributed by atoms with Gasteiger partial charge in [-0.15, -0.1) is 0 Å². The van der Waals surface area contributed by atoms with E-state index in [1.807, 2.05) is 0 Å². The number of nitrogens with zero attached hydrogens (tertiary/aromatic N) is 1. The number of para-hydroxylation sites is 1. The van der Waals surface area contributed by atoms with E-state index in [1.165, 1.54) is 55.0 Å². The van der Waals surface area contributed by atoms with Gasteiger partial charge in [0.05, 0.1) is 11.0 Å². The molecular formula is C29H21N. The second kappa shape index (κ2) is 6.60. The molecule has 0 saturated carbocycles. The highest BCUT2D eigenvalue weighted by Crippen LogP contribution is 2.35. The van der Waals surface area contributed by atoms with Crippen molar-refractivity contribution < 1.29 is 0 Å². The summed E-state index contributed by atoms with van der Waals surface area (Å²) in [6.45, 7) is 2.17. The highest BCUT2D eigenvalue weighted by molar-refractivity contribution is 6.13. The first-order chi connectivity index (χ1) is 14.8. The molecule has 1 heterocycles. The van der Waals surface area contributed by atoms with Crippen LogP contribution < -0.4 is 0 Å². The topological polar surface area (TPSA) is 4.93 Å². The molecule has 0 aliphatic carbocycles. The van der Waals surface area contributed by atoms with Crippen LogP contribution in [0.2, 0.25) is 0 Å². The van der Waals surface area contributed by atoms with Crippen LogP contribution in [-0.4, -0.2) is 4.57 Å². The number of aryl methyl sites for hydroxylation is 1. The van der Waals surface area contributed by atoms with Crippen LogP contribution in [-0.2, 0) is 0 Å². The third-order valence-corrected chi connectivity index (χ3v) is 6.12. The maximum atomic E-state index is 2.39. The maximum Gasteiger partial charge on any atom is 0.0547 e. The van der Waals surface area contributed by atoms with Crippen LogP contribution in [0.1, 0.15) is 5.56 Å². The van der Waals surface area contributed by atoms with Crippen molar-refractivity contribution in [1.29, 1.82) is 0 Å². The summed E-state index contributed by atoms with van der Waals surface area (Å²) in [7, 11) is 0. The number of fused-ring (bicyclic) bond motifs is 4. The molecule has 6 aromatic rings. The van der Waals surface area contributed by atoms with Gasteiger partial charge in [-0.1, -0.05) is 78.9 Å². The molecule has 1 nitrogen and oxygen atoms in total. The van der Waals surface area contributed by atoms with Crippen LogP contribution in [0.3, 0.4) is 0 Å². The maximum absolute atomic E-state index is 2.39. The second-order valence-electron chi connectivity index (χ2n) is 7.93. The zero-order chi connectivity index (χ0) is 20.1. The van der Waals surface area contributed by atoms with Crippen LogP contribution >= 0.6 is 0 Å². The van der Waals surface area contributed by atoms with Gasteiger partial charge in [0.2, 0.25) is 0 Å². The molecule has 0 N–H and O–H groups in total. The van der Waals surface area contributed by atoms with Crippen molar-refractivity contribution in [2.45, 2.75) is 6.92 Å². The lowest BCUT2D eigenvalue weighted by Crippen LogP contribution is -1.94. The Hall–Kier alpha value is -3.84. The predicted molar refractivity (Wildman–Crippen MR) is 128 cm³/mol. The molecule has 0 radical (unpaired) electrons. The highest BCUT2D eigenvalue weighted by atomic mass is 15.0. The molecule has 0 atom stereocenters. The number of hydrogen-bond acceptors (Lipinski definition) is 0. The molecule has 0 saturated heterocycles. The van der Waals surface area contributed by atoms with Crippen molar-refractivity contribution in [2.24, 2.45) is 0 Å². The van der Waals surface area contributed by atoms with E-state index in [0.29, 0.717) is 0 Å². The van der Waals surface area contributed by atoms with Gasteiger partial charge in [-0.05, 0) is 64.7 Å².